The molecule has 4 heterocycles. The topological polar surface area (TPSA) is 117 Å². The van der Waals surface area contributed by atoms with Gasteiger partial charge in [0.15, 0.2) is 11.9 Å². The van der Waals surface area contributed by atoms with E-state index in [4.69, 9.17) is 19.3 Å². The van der Waals surface area contributed by atoms with E-state index in [1.807, 2.05) is 71.3 Å². The van der Waals surface area contributed by atoms with Gasteiger partial charge in [-0.1, -0.05) is 49.9 Å². The van der Waals surface area contributed by atoms with Crippen LogP contribution >= 0.6 is 23.5 Å². The number of nitrogens with zero attached hydrogens (tertiary/aromatic N) is 5. The van der Waals surface area contributed by atoms with E-state index >= 15 is 0 Å². The van der Waals surface area contributed by atoms with Gasteiger partial charge in [-0.05, 0) is 68.3 Å². The minimum Gasteiger partial charge on any atom is -0.491 e. The molecule has 2 atom stereocenters. The van der Waals surface area contributed by atoms with Crippen molar-refractivity contribution in [2.75, 3.05) is 31.4 Å². The second-order valence-electron chi connectivity index (χ2n) is 12.1. The Balaban J connectivity index is 1.11. The van der Waals surface area contributed by atoms with Crippen molar-refractivity contribution >= 4 is 41.0 Å². The number of ether oxygens (including phenoxy) is 3. The summed E-state index contributed by atoms with van der Waals surface area (Å²) in [4.78, 5) is 15.4. The molecule has 0 bridgehead atoms. The minimum absolute atomic E-state index is 0.140. The SMILES string of the molecule is CSC(C)c1cc(NC(=O)NCc2ccccc2Sc2ccc3nnc(C(C)C)n3c2)n(-c2cccc(OCCOC3CCCCO3)c2)n1. The van der Waals surface area contributed by atoms with Crippen LogP contribution in [0.2, 0.25) is 0 Å². The zero-order chi connectivity index (χ0) is 34.2. The molecule has 2 unspecified atom stereocenters. The number of thioether (sulfide) groups is 1. The average Bonchev–Trinajstić information content (AvgIpc) is 3.74. The highest BCUT2D eigenvalue weighted by molar-refractivity contribution is 7.99. The summed E-state index contributed by atoms with van der Waals surface area (Å²) in [7, 11) is 0. The molecule has 0 radical (unpaired) electrons. The Labute approximate surface area is 295 Å². The Morgan fingerprint density at radius 2 is 1.92 bits per heavy atom. The molecule has 1 saturated heterocycles. The Morgan fingerprint density at radius 3 is 2.73 bits per heavy atom. The zero-order valence-electron chi connectivity index (χ0n) is 28.3. The van der Waals surface area contributed by atoms with Crippen molar-refractivity contribution in [3.05, 3.63) is 90.0 Å². The van der Waals surface area contributed by atoms with Gasteiger partial charge in [-0.2, -0.15) is 16.9 Å². The zero-order valence-corrected chi connectivity index (χ0v) is 29.9. The monoisotopic (exact) mass is 701 g/mol. The van der Waals surface area contributed by atoms with Crippen molar-refractivity contribution in [1.82, 2.24) is 29.7 Å². The molecule has 11 nitrogen and oxygen atoms in total. The highest BCUT2D eigenvalue weighted by Gasteiger charge is 2.18. The van der Waals surface area contributed by atoms with Crippen molar-refractivity contribution in [3.63, 3.8) is 0 Å². The number of rotatable bonds is 14. The summed E-state index contributed by atoms with van der Waals surface area (Å²) in [5.74, 6) is 2.43. The molecular weight excluding hydrogens is 659 g/mol. The van der Waals surface area contributed by atoms with Crippen LogP contribution in [-0.4, -0.2) is 62.8 Å². The Morgan fingerprint density at radius 1 is 1.04 bits per heavy atom. The molecule has 2 aromatic carbocycles. The smallest absolute Gasteiger partial charge is 0.320 e. The number of carbonyl (C=O) groups is 1. The van der Waals surface area contributed by atoms with Crippen LogP contribution in [0.1, 0.15) is 68.3 Å². The van der Waals surface area contributed by atoms with Crippen molar-refractivity contribution in [2.45, 2.75) is 73.8 Å². The predicted octanol–water partition coefficient (Wildman–Crippen LogP) is 7.86. The van der Waals surface area contributed by atoms with E-state index in [9.17, 15) is 4.79 Å². The molecule has 5 aromatic rings. The second-order valence-corrected chi connectivity index (χ2v) is 14.4. The van der Waals surface area contributed by atoms with Crippen LogP contribution in [0, 0.1) is 0 Å². The molecule has 6 rings (SSSR count). The lowest BCUT2D eigenvalue weighted by Gasteiger charge is -2.22. The summed E-state index contributed by atoms with van der Waals surface area (Å²) in [6.45, 7) is 8.25. The standard InChI is InChI=1S/C36H43N7O4S2/c1-24(2)35-40-39-32-16-15-29(23-42(32)35)49-31-13-6-5-10-26(31)22-37-36(44)38-33-21-30(25(3)48-4)41-43(33)27-11-9-12-28(20-27)45-18-19-47-34-14-7-8-17-46-34/h5-6,9-13,15-16,20-21,23-25,34H,7-8,14,17-19,22H2,1-4H3,(H2,37,38,44). The number of hydrogen-bond donors (Lipinski definition) is 2. The highest BCUT2D eigenvalue weighted by atomic mass is 32.2. The van der Waals surface area contributed by atoms with Gasteiger partial charge in [0.1, 0.15) is 24.0 Å². The van der Waals surface area contributed by atoms with Crippen molar-refractivity contribution < 1.29 is 19.0 Å². The van der Waals surface area contributed by atoms with E-state index in [1.54, 1.807) is 28.2 Å². The van der Waals surface area contributed by atoms with Crippen LogP contribution in [0.4, 0.5) is 10.6 Å². The third kappa shape index (κ3) is 8.96. The molecular formula is C36H43N7O4S2. The number of hydrogen-bond acceptors (Lipinski definition) is 9. The first-order valence-electron chi connectivity index (χ1n) is 16.6. The molecule has 1 aliphatic rings. The fraction of sp³-hybridized carbons (Fsp3) is 0.389. The molecule has 49 heavy (non-hydrogen) atoms. The van der Waals surface area contributed by atoms with Crippen LogP contribution in [0.15, 0.2) is 82.7 Å². The third-order valence-corrected chi connectivity index (χ3v) is 10.2. The van der Waals surface area contributed by atoms with Crippen LogP contribution in [0.25, 0.3) is 11.3 Å². The molecule has 1 fully saturated rings. The van der Waals surface area contributed by atoms with Crippen LogP contribution in [0.5, 0.6) is 5.75 Å². The Bertz CT molecular complexity index is 1850. The van der Waals surface area contributed by atoms with E-state index in [0.29, 0.717) is 31.3 Å². The lowest BCUT2D eigenvalue weighted by atomic mass is 10.2. The summed E-state index contributed by atoms with van der Waals surface area (Å²) >= 11 is 3.33. The van der Waals surface area contributed by atoms with Gasteiger partial charge in [0.25, 0.3) is 0 Å². The lowest BCUT2D eigenvalue weighted by molar-refractivity contribution is -0.165. The maximum atomic E-state index is 13.3. The van der Waals surface area contributed by atoms with E-state index < -0.39 is 0 Å². The maximum Gasteiger partial charge on any atom is 0.320 e. The molecule has 3 aromatic heterocycles. The molecule has 13 heteroatoms. The number of aromatic nitrogens is 5. The molecule has 258 valence electrons. The van der Waals surface area contributed by atoms with Crippen molar-refractivity contribution in [1.29, 1.82) is 0 Å². The van der Waals surface area contributed by atoms with Gasteiger partial charge in [0.05, 0.1) is 18.0 Å². The van der Waals surface area contributed by atoms with Gasteiger partial charge in [0.2, 0.25) is 0 Å². The summed E-state index contributed by atoms with van der Waals surface area (Å²) in [6.07, 6.45) is 7.09. The Hall–Kier alpha value is -4.04. The summed E-state index contributed by atoms with van der Waals surface area (Å²) in [5, 5.41) is 19.7. The quantitative estimate of drug-likeness (QED) is 0.112. The third-order valence-electron chi connectivity index (χ3n) is 8.15. The van der Waals surface area contributed by atoms with Crippen LogP contribution < -0.4 is 15.4 Å². The number of carbonyl (C=O) groups excluding carboxylic acids is 1. The number of anilines is 1. The first kappa shape index (κ1) is 34.8. The Kier molecular flexibility index (Phi) is 11.8. The van der Waals surface area contributed by atoms with Crippen LogP contribution in [-0.2, 0) is 16.0 Å². The fourth-order valence-electron chi connectivity index (χ4n) is 5.45. The summed E-state index contributed by atoms with van der Waals surface area (Å²) in [5.41, 5.74) is 3.46. The van der Waals surface area contributed by atoms with Crippen LogP contribution in [0.3, 0.4) is 0 Å². The number of pyridine rings is 1. The highest BCUT2D eigenvalue weighted by Crippen LogP contribution is 2.32. The average molecular weight is 702 g/mol. The van der Waals surface area contributed by atoms with E-state index in [2.05, 4.69) is 53.9 Å². The summed E-state index contributed by atoms with van der Waals surface area (Å²) in [6, 6.07) is 21.4. The summed E-state index contributed by atoms with van der Waals surface area (Å²) < 4.78 is 21.2. The molecule has 2 amide bonds. The number of benzene rings is 2. The van der Waals surface area contributed by atoms with Crippen molar-refractivity contribution in [3.8, 4) is 11.4 Å². The molecule has 0 saturated carbocycles. The van der Waals surface area contributed by atoms with Crippen molar-refractivity contribution in [2.24, 2.45) is 0 Å². The van der Waals surface area contributed by atoms with Gasteiger partial charge in [0, 0.05) is 52.4 Å². The van der Waals surface area contributed by atoms with Gasteiger partial charge < -0.3 is 19.5 Å². The van der Waals surface area contributed by atoms with Gasteiger partial charge in [-0.15, -0.1) is 10.2 Å². The van der Waals surface area contributed by atoms with E-state index in [-0.39, 0.29) is 23.5 Å². The minimum atomic E-state index is -0.328. The second kappa shape index (κ2) is 16.6. The number of amides is 2. The van der Waals surface area contributed by atoms with E-state index in [1.165, 1.54) is 0 Å². The number of fused-ring (bicyclic) bond motifs is 1. The number of urea groups is 1. The van der Waals surface area contributed by atoms with E-state index in [0.717, 1.165) is 64.1 Å². The van der Waals surface area contributed by atoms with Gasteiger partial charge in [-0.25, -0.2) is 9.48 Å². The lowest BCUT2D eigenvalue weighted by Crippen LogP contribution is -2.29. The molecule has 0 aliphatic carbocycles. The molecule has 2 N–H and O–H groups in total. The first-order chi connectivity index (χ1) is 23.9. The van der Waals surface area contributed by atoms with Gasteiger partial charge in [-0.3, -0.25) is 9.72 Å². The molecule has 0 spiro atoms. The number of nitrogens with one attached hydrogen (secondary N) is 2. The first-order valence-corrected chi connectivity index (χ1v) is 18.7. The largest absolute Gasteiger partial charge is 0.491 e. The fourth-order valence-corrected chi connectivity index (χ4v) is 6.77. The normalized spacial score (nSPS) is 15.4. The molecule has 1 aliphatic heterocycles. The van der Waals surface area contributed by atoms with Gasteiger partial charge >= 0.3 is 6.03 Å². The predicted molar refractivity (Wildman–Crippen MR) is 194 cm³/mol. The maximum absolute atomic E-state index is 13.3.